The molecule has 0 aliphatic carbocycles. The molecule has 0 bridgehead atoms. The molecule has 0 spiro atoms. The Kier molecular flexibility index (Phi) is 7.31. The second-order valence-electron chi connectivity index (χ2n) is 6.03. The highest BCUT2D eigenvalue weighted by atomic mass is 17.5. The largest absolute Gasteiger partial charge is 0.543 e. The Labute approximate surface area is 145 Å². The van der Waals surface area contributed by atoms with Crippen LogP contribution in [0.5, 0.6) is 17.2 Å². The first-order valence-corrected chi connectivity index (χ1v) is 7.24. The lowest BCUT2D eigenvalue weighted by Gasteiger charge is -2.16. The molecule has 0 aromatic heterocycles. The topological polar surface area (TPSA) is 98.8 Å². The second kappa shape index (κ2) is 8.97. The molecule has 0 radical (unpaired) electrons. The van der Waals surface area contributed by atoms with Crippen LogP contribution >= 0.6 is 0 Å². The molecule has 1 aromatic rings. The first-order valence-electron chi connectivity index (χ1n) is 7.24. The van der Waals surface area contributed by atoms with E-state index in [1.165, 1.54) is 33.5 Å². The summed E-state index contributed by atoms with van der Waals surface area (Å²) in [4.78, 5) is 31.9. The fourth-order valence-corrected chi connectivity index (χ4v) is 1.61. The van der Waals surface area contributed by atoms with Crippen LogP contribution in [0.3, 0.4) is 0 Å². The van der Waals surface area contributed by atoms with E-state index in [2.05, 4.69) is 14.8 Å². The SMILES string of the molecule is COc1cc(OC)c(C(=O)OOOC(=O)OCC(C)(C)C)cc1OC. The van der Waals surface area contributed by atoms with Gasteiger partial charge in [-0.25, -0.2) is 14.5 Å². The van der Waals surface area contributed by atoms with Crippen molar-refractivity contribution in [3.63, 3.8) is 0 Å². The molecule has 0 saturated carbocycles. The van der Waals surface area contributed by atoms with Gasteiger partial charge in [0, 0.05) is 12.1 Å². The van der Waals surface area contributed by atoms with Crippen LogP contribution in [-0.4, -0.2) is 40.1 Å². The van der Waals surface area contributed by atoms with E-state index in [0.717, 1.165) is 0 Å². The maximum absolute atomic E-state index is 12.0. The number of rotatable bonds is 7. The van der Waals surface area contributed by atoms with Crippen LogP contribution in [0.2, 0.25) is 0 Å². The number of carbonyl (C=O) groups excluding carboxylic acids is 2. The third-order valence-corrected chi connectivity index (χ3v) is 2.76. The summed E-state index contributed by atoms with van der Waals surface area (Å²) in [6, 6.07) is 2.77. The Bertz CT molecular complexity index is 604. The van der Waals surface area contributed by atoms with E-state index in [1.54, 1.807) is 0 Å². The molecule has 0 heterocycles. The van der Waals surface area contributed by atoms with Crippen LogP contribution in [0, 0.1) is 5.41 Å². The Morgan fingerprint density at radius 2 is 1.44 bits per heavy atom. The highest BCUT2D eigenvalue weighted by Gasteiger charge is 2.21. The second-order valence-corrected chi connectivity index (χ2v) is 6.03. The Hall–Kier alpha value is -2.68. The van der Waals surface area contributed by atoms with Crippen molar-refractivity contribution in [1.82, 2.24) is 0 Å². The van der Waals surface area contributed by atoms with Crippen molar-refractivity contribution < 1.29 is 43.3 Å². The van der Waals surface area contributed by atoms with Crippen molar-refractivity contribution in [3.8, 4) is 17.2 Å². The molecule has 0 aliphatic heterocycles. The van der Waals surface area contributed by atoms with Crippen molar-refractivity contribution in [2.75, 3.05) is 27.9 Å². The van der Waals surface area contributed by atoms with Gasteiger partial charge in [-0.05, 0) is 5.41 Å². The fourth-order valence-electron chi connectivity index (χ4n) is 1.61. The molecule has 0 aliphatic rings. The maximum atomic E-state index is 12.0. The van der Waals surface area contributed by atoms with E-state index >= 15 is 0 Å². The first kappa shape index (κ1) is 20.4. The molecule has 0 amide bonds. The number of carbonyl (C=O) groups is 2. The van der Waals surface area contributed by atoms with Gasteiger partial charge in [0.2, 0.25) is 0 Å². The fraction of sp³-hybridized carbons (Fsp3) is 0.500. The van der Waals surface area contributed by atoms with E-state index in [-0.39, 0.29) is 29.1 Å². The molecule has 0 N–H and O–H groups in total. The zero-order valence-corrected chi connectivity index (χ0v) is 15.0. The molecule has 1 rings (SSSR count). The van der Waals surface area contributed by atoms with Gasteiger partial charge in [0.05, 0.1) is 33.0 Å². The minimum atomic E-state index is -1.14. The molecule has 0 unspecified atom stereocenters. The molecule has 0 fully saturated rings. The highest BCUT2D eigenvalue weighted by Crippen LogP contribution is 2.34. The summed E-state index contributed by atoms with van der Waals surface area (Å²) in [5.41, 5.74) is -0.269. The van der Waals surface area contributed by atoms with Gasteiger partial charge in [-0.2, -0.15) is 0 Å². The summed E-state index contributed by atoms with van der Waals surface area (Å²) in [5, 5.41) is 4.15. The summed E-state index contributed by atoms with van der Waals surface area (Å²) in [6.07, 6.45) is -1.14. The zero-order valence-electron chi connectivity index (χ0n) is 15.0. The van der Waals surface area contributed by atoms with Gasteiger partial charge in [-0.1, -0.05) is 20.8 Å². The molecule has 0 atom stereocenters. The van der Waals surface area contributed by atoms with Gasteiger partial charge in [-0.3, -0.25) is 4.89 Å². The molecule has 0 saturated heterocycles. The predicted octanol–water partition coefficient (Wildman–Crippen LogP) is 2.92. The standard InChI is InChI=1S/C16H22O9/c1-16(2,3)9-22-15(18)24-25-23-14(17)10-7-12(20-5)13(21-6)8-11(10)19-4/h7-8H,9H2,1-6H3. The average molecular weight is 358 g/mol. The van der Waals surface area contributed by atoms with E-state index in [9.17, 15) is 9.59 Å². The van der Waals surface area contributed by atoms with Gasteiger partial charge in [0.25, 0.3) is 0 Å². The lowest BCUT2D eigenvalue weighted by Crippen LogP contribution is -2.19. The van der Waals surface area contributed by atoms with Gasteiger partial charge < -0.3 is 18.9 Å². The lowest BCUT2D eigenvalue weighted by atomic mass is 9.99. The average Bonchev–Trinajstić information content (AvgIpc) is 2.57. The van der Waals surface area contributed by atoms with Crippen molar-refractivity contribution >= 4 is 12.1 Å². The third-order valence-electron chi connectivity index (χ3n) is 2.76. The van der Waals surface area contributed by atoms with Gasteiger partial charge >= 0.3 is 12.1 Å². The predicted molar refractivity (Wildman–Crippen MR) is 84.5 cm³/mol. The molecule has 1 aromatic carbocycles. The van der Waals surface area contributed by atoms with Crippen LogP contribution in [0.25, 0.3) is 0 Å². The van der Waals surface area contributed by atoms with E-state index < -0.39 is 12.1 Å². The number of benzene rings is 1. The Morgan fingerprint density at radius 3 is 1.96 bits per heavy atom. The summed E-state index contributed by atoms with van der Waals surface area (Å²) in [5.74, 6) is -0.178. The van der Waals surface area contributed by atoms with Crippen LogP contribution in [0.4, 0.5) is 4.79 Å². The molecule has 140 valence electrons. The van der Waals surface area contributed by atoms with Crippen molar-refractivity contribution in [2.24, 2.45) is 5.41 Å². The Morgan fingerprint density at radius 1 is 0.880 bits per heavy atom. The molecular formula is C16H22O9. The van der Waals surface area contributed by atoms with E-state index in [4.69, 9.17) is 18.9 Å². The monoisotopic (exact) mass is 358 g/mol. The minimum Gasteiger partial charge on any atom is -0.496 e. The normalized spacial score (nSPS) is 10.6. The maximum Gasteiger partial charge on any atom is 0.543 e. The van der Waals surface area contributed by atoms with Gasteiger partial charge in [0.15, 0.2) is 11.5 Å². The Balaban J connectivity index is 2.67. The van der Waals surface area contributed by atoms with Crippen LogP contribution < -0.4 is 14.2 Å². The first-order chi connectivity index (χ1) is 11.7. The molecule has 9 nitrogen and oxygen atoms in total. The summed E-state index contributed by atoms with van der Waals surface area (Å²) >= 11 is 0. The highest BCUT2D eigenvalue weighted by molar-refractivity contribution is 5.93. The lowest BCUT2D eigenvalue weighted by molar-refractivity contribution is -0.452. The van der Waals surface area contributed by atoms with Gasteiger partial charge in [0.1, 0.15) is 11.3 Å². The van der Waals surface area contributed by atoms with E-state index in [0.29, 0.717) is 5.75 Å². The number of ether oxygens (including phenoxy) is 4. The molecular weight excluding hydrogens is 336 g/mol. The minimum absolute atomic E-state index is 0.0215. The quantitative estimate of drug-likeness (QED) is 0.414. The molecule has 25 heavy (non-hydrogen) atoms. The third kappa shape index (κ3) is 6.38. The number of hydrogen-bond acceptors (Lipinski definition) is 9. The van der Waals surface area contributed by atoms with Crippen LogP contribution in [0.1, 0.15) is 31.1 Å². The van der Waals surface area contributed by atoms with Crippen molar-refractivity contribution in [1.29, 1.82) is 0 Å². The van der Waals surface area contributed by atoms with E-state index in [1.807, 2.05) is 20.8 Å². The van der Waals surface area contributed by atoms with Crippen LogP contribution in [0.15, 0.2) is 12.1 Å². The summed E-state index contributed by atoms with van der Waals surface area (Å²) in [7, 11) is 4.21. The number of hydrogen-bond donors (Lipinski definition) is 0. The zero-order chi connectivity index (χ0) is 19.0. The summed E-state index contributed by atoms with van der Waals surface area (Å²) < 4.78 is 20.1. The number of methoxy groups -OCH3 is 3. The molecule has 9 heteroatoms. The van der Waals surface area contributed by atoms with Crippen molar-refractivity contribution in [2.45, 2.75) is 20.8 Å². The van der Waals surface area contributed by atoms with Crippen LogP contribution in [-0.2, 0) is 19.6 Å². The smallest absolute Gasteiger partial charge is 0.496 e. The van der Waals surface area contributed by atoms with Crippen molar-refractivity contribution in [3.05, 3.63) is 17.7 Å². The summed E-state index contributed by atoms with van der Waals surface area (Å²) in [6.45, 7) is 5.70. The van der Waals surface area contributed by atoms with Gasteiger partial charge in [-0.15, -0.1) is 0 Å².